The van der Waals surface area contributed by atoms with Crippen molar-refractivity contribution in [3.05, 3.63) is 63.9 Å². The fraction of sp³-hybridized carbons (Fsp3) is 0.333. The molecule has 1 heterocycles. The molecular formula is C18H19BrF2N2O3. The molecular weight excluding hydrogens is 410 g/mol. The van der Waals surface area contributed by atoms with E-state index in [1.165, 1.54) is 30.3 Å². The standard InChI is InChI=1S/C18H19BrF2N2O3/c1-18(2,3)26-17(25)23-15(11-8-14(19)22-9-13(11)21)16(24)10-6-4-5-7-12(10)20/h4-9,15-16,24H,1-3H3,(H,23,25)/t15-,16-/m1/s1. The normalized spacial score (nSPS) is 13.8. The summed E-state index contributed by atoms with van der Waals surface area (Å²) < 4.78 is 33.9. The van der Waals surface area contributed by atoms with E-state index in [-0.39, 0.29) is 11.1 Å². The lowest BCUT2D eigenvalue weighted by molar-refractivity contribution is 0.0412. The Morgan fingerprint density at radius 1 is 1.23 bits per heavy atom. The zero-order valence-corrected chi connectivity index (χ0v) is 16.0. The highest BCUT2D eigenvalue weighted by Crippen LogP contribution is 2.33. The molecule has 0 aliphatic heterocycles. The number of aliphatic hydroxyl groups excluding tert-OH is 1. The summed E-state index contributed by atoms with van der Waals surface area (Å²) in [6.45, 7) is 5.00. The second-order valence-electron chi connectivity index (χ2n) is 6.62. The van der Waals surface area contributed by atoms with Gasteiger partial charge in [-0.15, -0.1) is 0 Å². The van der Waals surface area contributed by atoms with Crippen LogP contribution in [0.2, 0.25) is 0 Å². The molecule has 0 saturated heterocycles. The minimum atomic E-state index is -1.55. The van der Waals surface area contributed by atoms with Crippen LogP contribution in [0.3, 0.4) is 0 Å². The first-order valence-corrected chi connectivity index (χ1v) is 8.61. The van der Waals surface area contributed by atoms with Crippen molar-refractivity contribution in [2.45, 2.75) is 38.5 Å². The highest BCUT2D eigenvalue weighted by Gasteiger charge is 2.31. The molecule has 0 aliphatic carbocycles. The van der Waals surface area contributed by atoms with Gasteiger partial charge in [-0.05, 0) is 48.8 Å². The van der Waals surface area contributed by atoms with Gasteiger partial charge in [0, 0.05) is 11.1 Å². The number of pyridine rings is 1. The van der Waals surface area contributed by atoms with Gasteiger partial charge >= 0.3 is 6.09 Å². The zero-order valence-electron chi connectivity index (χ0n) is 14.5. The SMILES string of the molecule is CC(C)(C)OC(=O)N[C@H](c1cc(Br)ncc1F)[C@H](O)c1ccccc1F. The van der Waals surface area contributed by atoms with Gasteiger partial charge in [0.2, 0.25) is 0 Å². The van der Waals surface area contributed by atoms with E-state index < -0.39 is 35.5 Å². The zero-order chi connectivity index (χ0) is 19.5. The van der Waals surface area contributed by atoms with E-state index >= 15 is 0 Å². The number of aliphatic hydroxyl groups is 1. The summed E-state index contributed by atoms with van der Waals surface area (Å²) in [6.07, 6.45) is -1.48. The van der Waals surface area contributed by atoms with Crippen LogP contribution < -0.4 is 5.32 Å². The van der Waals surface area contributed by atoms with Crippen LogP contribution in [0.1, 0.15) is 44.0 Å². The van der Waals surface area contributed by atoms with Gasteiger partial charge in [-0.2, -0.15) is 0 Å². The van der Waals surface area contributed by atoms with Crippen molar-refractivity contribution >= 4 is 22.0 Å². The summed E-state index contributed by atoms with van der Waals surface area (Å²) in [7, 11) is 0. The van der Waals surface area contributed by atoms with Crippen molar-refractivity contribution in [1.29, 1.82) is 0 Å². The van der Waals surface area contributed by atoms with E-state index in [0.29, 0.717) is 4.60 Å². The predicted octanol–water partition coefficient (Wildman–Crippen LogP) is 4.42. The van der Waals surface area contributed by atoms with Gasteiger partial charge in [-0.1, -0.05) is 18.2 Å². The highest BCUT2D eigenvalue weighted by molar-refractivity contribution is 9.10. The summed E-state index contributed by atoms with van der Waals surface area (Å²) in [5.74, 6) is -1.44. The molecule has 2 atom stereocenters. The molecule has 8 heteroatoms. The Balaban J connectivity index is 2.43. The van der Waals surface area contributed by atoms with Gasteiger partial charge in [-0.25, -0.2) is 18.6 Å². The number of hydrogen-bond acceptors (Lipinski definition) is 4. The van der Waals surface area contributed by atoms with Crippen molar-refractivity contribution in [2.24, 2.45) is 0 Å². The van der Waals surface area contributed by atoms with Crippen molar-refractivity contribution in [1.82, 2.24) is 10.3 Å². The van der Waals surface area contributed by atoms with Gasteiger partial charge in [-0.3, -0.25) is 0 Å². The lowest BCUT2D eigenvalue weighted by Gasteiger charge is -2.27. The number of halogens is 3. The van der Waals surface area contributed by atoms with Crippen LogP contribution in [-0.4, -0.2) is 21.8 Å². The lowest BCUT2D eigenvalue weighted by atomic mass is 9.96. The quantitative estimate of drug-likeness (QED) is 0.706. The summed E-state index contributed by atoms with van der Waals surface area (Å²) in [5.41, 5.74) is -0.941. The van der Waals surface area contributed by atoms with E-state index in [2.05, 4.69) is 26.2 Å². The maximum Gasteiger partial charge on any atom is 0.408 e. The third kappa shape index (κ3) is 5.22. The topological polar surface area (TPSA) is 71.5 Å². The Kier molecular flexibility index (Phi) is 6.30. The fourth-order valence-corrected chi connectivity index (χ4v) is 2.67. The van der Waals surface area contributed by atoms with Crippen molar-refractivity contribution < 1.29 is 23.4 Å². The van der Waals surface area contributed by atoms with Crippen molar-refractivity contribution in [2.75, 3.05) is 0 Å². The number of nitrogens with zero attached hydrogens (tertiary/aromatic N) is 1. The Bertz CT molecular complexity index is 796. The Labute approximate surface area is 158 Å². The predicted molar refractivity (Wildman–Crippen MR) is 95.4 cm³/mol. The molecule has 2 aromatic rings. The maximum atomic E-state index is 14.3. The first-order chi connectivity index (χ1) is 12.1. The summed E-state index contributed by atoms with van der Waals surface area (Å²) >= 11 is 3.12. The fourth-order valence-electron chi connectivity index (χ4n) is 2.32. The monoisotopic (exact) mass is 428 g/mol. The average molecular weight is 429 g/mol. The number of benzene rings is 1. The molecule has 0 spiro atoms. The second-order valence-corrected chi connectivity index (χ2v) is 7.43. The Morgan fingerprint density at radius 2 is 1.88 bits per heavy atom. The van der Waals surface area contributed by atoms with Crippen LogP contribution in [0.4, 0.5) is 13.6 Å². The number of ether oxygens (including phenoxy) is 1. The number of rotatable bonds is 4. The lowest BCUT2D eigenvalue weighted by Crippen LogP contribution is -2.38. The molecule has 0 fully saturated rings. The Morgan fingerprint density at radius 3 is 2.50 bits per heavy atom. The molecule has 140 valence electrons. The van der Waals surface area contributed by atoms with Gasteiger partial charge in [0.05, 0.1) is 12.2 Å². The maximum absolute atomic E-state index is 14.3. The average Bonchev–Trinajstić information content (AvgIpc) is 2.53. The first kappa shape index (κ1) is 20.3. The van der Waals surface area contributed by atoms with E-state index in [9.17, 15) is 18.7 Å². The highest BCUT2D eigenvalue weighted by atomic mass is 79.9. The number of aromatic nitrogens is 1. The van der Waals surface area contributed by atoms with Gasteiger partial charge in [0.1, 0.15) is 27.9 Å². The van der Waals surface area contributed by atoms with Crippen molar-refractivity contribution in [3.8, 4) is 0 Å². The number of carbonyl (C=O) groups is 1. The minimum Gasteiger partial charge on any atom is -0.444 e. The number of hydrogen-bond donors (Lipinski definition) is 2. The van der Waals surface area contributed by atoms with E-state index in [0.717, 1.165) is 6.20 Å². The van der Waals surface area contributed by atoms with E-state index in [1.54, 1.807) is 20.8 Å². The van der Waals surface area contributed by atoms with E-state index in [4.69, 9.17) is 4.74 Å². The Hall–Kier alpha value is -2.06. The molecule has 2 N–H and O–H groups in total. The van der Waals surface area contributed by atoms with E-state index in [1.807, 2.05) is 0 Å². The summed E-state index contributed by atoms with van der Waals surface area (Å²) in [5, 5.41) is 13.1. The number of amides is 1. The van der Waals surface area contributed by atoms with Crippen LogP contribution in [0.25, 0.3) is 0 Å². The molecule has 26 heavy (non-hydrogen) atoms. The molecule has 0 aliphatic rings. The molecule has 1 amide bonds. The molecule has 1 aromatic carbocycles. The van der Waals surface area contributed by atoms with Crippen LogP contribution in [-0.2, 0) is 4.74 Å². The molecule has 2 rings (SSSR count). The van der Waals surface area contributed by atoms with Crippen LogP contribution >= 0.6 is 15.9 Å². The molecule has 0 unspecified atom stereocenters. The van der Waals surface area contributed by atoms with Crippen LogP contribution in [0, 0.1) is 11.6 Å². The van der Waals surface area contributed by atoms with Crippen LogP contribution in [0.15, 0.2) is 41.1 Å². The molecule has 0 radical (unpaired) electrons. The second kappa shape index (κ2) is 8.09. The van der Waals surface area contributed by atoms with Gasteiger partial charge in [0.15, 0.2) is 0 Å². The molecule has 5 nitrogen and oxygen atoms in total. The van der Waals surface area contributed by atoms with Crippen LogP contribution in [0.5, 0.6) is 0 Å². The number of carbonyl (C=O) groups excluding carboxylic acids is 1. The summed E-state index contributed by atoms with van der Waals surface area (Å²) in [4.78, 5) is 15.9. The minimum absolute atomic E-state index is 0.0616. The molecule has 1 aromatic heterocycles. The smallest absolute Gasteiger partial charge is 0.408 e. The van der Waals surface area contributed by atoms with Crippen molar-refractivity contribution in [3.63, 3.8) is 0 Å². The van der Waals surface area contributed by atoms with Gasteiger partial charge in [0.25, 0.3) is 0 Å². The van der Waals surface area contributed by atoms with Gasteiger partial charge < -0.3 is 15.2 Å². The third-order valence-corrected chi connectivity index (χ3v) is 3.83. The summed E-state index contributed by atoms with van der Waals surface area (Å²) in [6, 6.07) is 5.54. The molecule has 0 bridgehead atoms. The largest absolute Gasteiger partial charge is 0.444 e. The number of alkyl carbamates (subject to hydrolysis) is 1. The molecule has 0 saturated carbocycles. The first-order valence-electron chi connectivity index (χ1n) is 7.81. The third-order valence-electron chi connectivity index (χ3n) is 3.40. The number of nitrogens with one attached hydrogen (secondary N) is 1.